The van der Waals surface area contributed by atoms with Gasteiger partial charge in [-0.2, -0.15) is 0 Å². The summed E-state index contributed by atoms with van der Waals surface area (Å²) in [5, 5.41) is 0.429. The summed E-state index contributed by atoms with van der Waals surface area (Å²) in [6, 6.07) is 48.9. The first-order valence-corrected chi connectivity index (χ1v) is 30.6. The van der Waals surface area contributed by atoms with Crippen LogP contribution in [0.1, 0.15) is 85.0 Å². The van der Waals surface area contributed by atoms with Crippen molar-refractivity contribution in [1.82, 2.24) is 15.0 Å². The van der Waals surface area contributed by atoms with Gasteiger partial charge in [-0.25, -0.2) is 25.3 Å². The number of rotatable bonds is 20. The van der Waals surface area contributed by atoms with Crippen molar-refractivity contribution in [3.8, 4) is 23.0 Å². The summed E-state index contributed by atoms with van der Waals surface area (Å²) in [7, 11) is -11.6. The Balaban J connectivity index is 0.000000179. The third-order valence-corrected chi connectivity index (χ3v) is 15.9. The van der Waals surface area contributed by atoms with E-state index in [9.17, 15) is 34.8 Å². The first kappa shape index (κ1) is 61.7. The van der Waals surface area contributed by atoms with Crippen LogP contribution in [0.3, 0.4) is 0 Å². The minimum atomic E-state index is -3.89. The van der Waals surface area contributed by atoms with Gasteiger partial charge >= 0.3 is 0 Å². The molecule has 0 saturated heterocycles. The minimum absolute atomic E-state index is 0.0115. The standard InChI is InChI=1S/2C21H20N2O4S.C20H19ClN2O3S/c1-15(2)27-17-10-12-18(13-11-17)28(25,26)23-19-9-6-14-22-20(19)21(24)16-7-4-3-5-8-16;1-15(2)27-17-8-10-18(11-9-17)28(25,26)23-20-14-22-13-12-19(20)21(24)16-6-4-3-5-7-16;1-14(2)15-5-8-18(9-6-15)27(24,25)23-19-10-7-16(21)12-20(19)26-17-4-3-11-22-13-17/h2*3-15,23H,1-2H3;3-14,23H,1-2H3. The van der Waals surface area contributed by atoms with E-state index in [1.165, 1.54) is 61.2 Å². The normalized spacial score (nSPS) is 11.3. The molecule has 0 atom stereocenters. The van der Waals surface area contributed by atoms with Gasteiger partial charge in [0.25, 0.3) is 30.1 Å². The molecule has 3 aromatic heterocycles. The Morgan fingerprint density at radius 1 is 0.458 bits per heavy atom. The van der Waals surface area contributed by atoms with Gasteiger partial charge < -0.3 is 14.2 Å². The Labute approximate surface area is 488 Å². The molecule has 0 bridgehead atoms. The molecule has 0 aliphatic heterocycles. The zero-order valence-electron chi connectivity index (χ0n) is 45.9. The molecule has 3 heterocycles. The minimum Gasteiger partial charge on any atom is -0.491 e. The second kappa shape index (κ2) is 28.2. The third kappa shape index (κ3) is 17.5. The van der Waals surface area contributed by atoms with Gasteiger partial charge in [0.1, 0.15) is 22.9 Å². The van der Waals surface area contributed by atoms with Crippen molar-refractivity contribution in [2.24, 2.45) is 0 Å². The maximum absolute atomic E-state index is 12.8. The highest BCUT2D eigenvalue weighted by Gasteiger charge is 2.23. The fraction of sp³-hybridized carbons (Fsp3) is 0.145. The molecule has 21 heteroatoms. The number of ketones is 2. The molecule has 428 valence electrons. The summed E-state index contributed by atoms with van der Waals surface area (Å²) in [4.78, 5) is 37.8. The maximum Gasteiger partial charge on any atom is 0.262 e. The van der Waals surface area contributed by atoms with Gasteiger partial charge in [-0.15, -0.1) is 0 Å². The molecule has 9 aromatic rings. The summed E-state index contributed by atoms with van der Waals surface area (Å²) in [5.74, 6) is 1.59. The molecule has 3 N–H and O–H groups in total. The predicted octanol–water partition coefficient (Wildman–Crippen LogP) is 13.3. The Morgan fingerprint density at radius 2 is 0.940 bits per heavy atom. The van der Waals surface area contributed by atoms with E-state index in [1.807, 2.05) is 39.8 Å². The monoisotopic (exact) mass is 1190 g/mol. The van der Waals surface area contributed by atoms with E-state index in [4.69, 9.17) is 25.8 Å². The Bertz CT molecular complexity index is 3800. The fourth-order valence-electron chi connectivity index (χ4n) is 7.60. The van der Waals surface area contributed by atoms with E-state index in [-0.39, 0.29) is 72.5 Å². The third-order valence-electron chi connectivity index (χ3n) is 11.6. The van der Waals surface area contributed by atoms with Crippen LogP contribution in [0.4, 0.5) is 17.1 Å². The highest BCUT2D eigenvalue weighted by Crippen LogP contribution is 2.34. The highest BCUT2D eigenvalue weighted by atomic mass is 35.5. The number of halogens is 1. The molecule has 83 heavy (non-hydrogen) atoms. The summed E-state index contributed by atoms with van der Waals surface area (Å²) < 4.78 is 101. The summed E-state index contributed by atoms with van der Waals surface area (Å²) in [6.07, 6.45) is 7.35. The Morgan fingerprint density at radius 3 is 1.45 bits per heavy atom. The van der Waals surface area contributed by atoms with Crippen LogP contribution in [0.15, 0.2) is 228 Å². The molecular formula is C62H59ClN6O11S3. The van der Waals surface area contributed by atoms with E-state index in [0.29, 0.717) is 39.3 Å². The number of hydrogen-bond acceptors (Lipinski definition) is 14. The van der Waals surface area contributed by atoms with Crippen molar-refractivity contribution in [2.45, 2.75) is 74.4 Å². The Kier molecular flexibility index (Phi) is 20.9. The second-order valence-corrected chi connectivity index (χ2v) is 24.4. The van der Waals surface area contributed by atoms with Crippen LogP contribution in [-0.2, 0) is 30.1 Å². The molecular weight excluding hydrogens is 1140 g/mol. The van der Waals surface area contributed by atoms with Crippen molar-refractivity contribution in [1.29, 1.82) is 0 Å². The number of nitrogens with zero attached hydrogens (tertiary/aromatic N) is 3. The van der Waals surface area contributed by atoms with Crippen LogP contribution >= 0.6 is 11.6 Å². The number of aromatic nitrogens is 3. The average Bonchev–Trinajstić information content (AvgIpc) is 3.65. The van der Waals surface area contributed by atoms with Crippen LogP contribution in [0.5, 0.6) is 23.0 Å². The van der Waals surface area contributed by atoms with Gasteiger partial charge in [-0.3, -0.25) is 38.7 Å². The zero-order valence-corrected chi connectivity index (χ0v) is 49.1. The van der Waals surface area contributed by atoms with E-state index < -0.39 is 30.1 Å². The molecule has 0 unspecified atom stereocenters. The number of hydrogen-bond donors (Lipinski definition) is 3. The number of sulfonamides is 3. The predicted molar refractivity (Wildman–Crippen MR) is 321 cm³/mol. The lowest BCUT2D eigenvalue weighted by Crippen LogP contribution is -2.17. The maximum atomic E-state index is 12.8. The van der Waals surface area contributed by atoms with E-state index >= 15 is 0 Å². The van der Waals surface area contributed by atoms with Crippen LogP contribution in [0.2, 0.25) is 5.02 Å². The number of ether oxygens (including phenoxy) is 3. The largest absolute Gasteiger partial charge is 0.491 e. The summed E-state index contributed by atoms with van der Waals surface area (Å²) in [5.41, 5.74) is 2.76. The lowest BCUT2D eigenvalue weighted by atomic mass is 10.0. The first-order valence-electron chi connectivity index (χ1n) is 25.8. The topological polar surface area (TPSA) is 239 Å². The van der Waals surface area contributed by atoms with Crippen LogP contribution in [0, 0.1) is 0 Å². The van der Waals surface area contributed by atoms with E-state index in [0.717, 1.165) is 5.56 Å². The lowest BCUT2D eigenvalue weighted by Gasteiger charge is -2.14. The van der Waals surface area contributed by atoms with Crippen molar-refractivity contribution in [3.63, 3.8) is 0 Å². The van der Waals surface area contributed by atoms with Gasteiger partial charge in [-0.05, 0) is 142 Å². The van der Waals surface area contributed by atoms with Gasteiger partial charge in [0.05, 0.1) is 56.4 Å². The fourth-order valence-corrected chi connectivity index (χ4v) is 11.0. The molecule has 17 nitrogen and oxygen atoms in total. The van der Waals surface area contributed by atoms with Gasteiger partial charge in [-0.1, -0.05) is 98.2 Å². The van der Waals surface area contributed by atoms with Crippen LogP contribution in [0.25, 0.3) is 0 Å². The molecule has 0 fully saturated rings. The first-order chi connectivity index (χ1) is 39.6. The molecule has 0 saturated carbocycles. The van der Waals surface area contributed by atoms with E-state index in [2.05, 4.69) is 43.0 Å². The second-order valence-electron chi connectivity index (χ2n) is 19.0. The van der Waals surface area contributed by atoms with Crippen molar-refractivity contribution in [3.05, 3.63) is 246 Å². The van der Waals surface area contributed by atoms with Gasteiger partial charge in [0.15, 0.2) is 11.5 Å². The SMILES string of the molecule is CC(C)Oc1ccc(S(=O)(=O)Nc2cccnc2C(=O)c2ccccc2)cc1.CC(C)Oc1ccc(S(=O)(=O)Nc2cnccc2C(=O)c2ccccc2)cc1.CC(C)c1ccc(S(=O)(=O)Nc2ccc(Cl)cc2Oc2cccnc2)cc1. The van der Waals surface area contributed by atoms with Crippen LogP contribution in [-0.4, -0.2) is 64.0 Å². The molecule has 0 spiro atoms. The molecule has 0 aliphatic rings. The van der Waals surface area contributed by atoms with Crippen molar-refractivity contribution < 1.29 is 49.1 Å². The van der Waals surface area contributed by atoms with Gasteiger partial charge in [0, 0.05) is 46.4 Å². The zero-order chi connectivity index (χ0) is 59.7. The smallest absolute Gasteiger partial charge is 0.262 e. The van der Waals surface area contributed by atoms with Crippen molar-refractivity contribution in [2.75, 3.05) is 14.2 Å². The molecule has 0 aliphatic carbocycles. The quantitative estimate of drug-likeness (QED) is 0.0602. The highest BCUT2D eigenvalue weighted by molar-refractivity contribution is 7.93. The lowest BCUT2D eigenvalue weighted by molar-refractivity contribution is 0.102. The number of anilines is 3. The number of pyridine rings is 3. The Hall–Kier alpha value is -8.95. The number of carbonyl (C=O) groups is 2. The summed E-state index contributed by atoms with van der Waals surface area (Å²) >= 11 is 6.05. The summed E-state index contributed by atoms with van der Waals surface area (Å²) in [6.45, 7) is 11.7. The molecule has 0 amide bonds. The van der Waals surface area contributed by atoms with Gasteiger partial charge in [0.2, 0.25) is 5.78 Å². The number of benzene rings is 6. The van der Waals surface area contributed by atoms with Crippen molar-refractivity contribution >= 4 is 70.3 Å². The van der Waals surface area contributed by atoms with Crippen LogP contribution < -0.4 is 28.4 Å². The van der Waals surface area contributed by atoms with E-state index in [1.54, 1.807) is 140 Å². The average molecular weight is 1200 g/mol. The number of carbonyl (C=O) groups excluding carboxylic acids is 2. The molecule has 6 aromatic carbocycles. The molecule has 9 rings (SSSR count). The molecule has 0 radical (unpaired) electrons. The number of nitrogens with one attached hydrogen (secondary N) is 3.